The van der Waals surface area contributed by atoms with E-state index in [4.69, 9.17) is 34.3 Å². The fourth-order valence-electron chi connectivity index (χ4n) is 2.58. The summed E-state index contributed by atoms with van der Waals surface area (Å²) in [7, 11) is 0. The van der Waals surface area contributed by atoms with Gasteiger partial charge in [0.1, 0.15) is 10.7 Å². The normalized spacial score (nSPS) is 27.0. The van der Waals surface area contributed by atoms with E-state index in [9.17, 15) is 0 Å². The molecule has 2 N–H and O–H groups in total. The van der Waals surface area contributed by atoms with Crippen molar-refractivity contribution in [2.24, 2.45) is 17.6 Å². The molecule has 1 saturated carbocycles. The first-order chi connectivity index (χ1) is 8.97. The van der Waals surface area contributed by atoms with Gasteiger partial charge in [-0.3, -0.25) is 0 Å². The summed E-state index contributed by atoms with van der Waals surface area (Å²) < 4.78 is 6.10. The molecule has 2 nitrogen and oxygen atoms in total. The van der Waals surface area contributed by atoms with Crippen molar-refractivity contribution in [2.45, 2.75) is 39.2 Å². The minimum Gasteiger partial charge on any atom is -0.490 e. The SMILES string of the molecule is CC1CCC(Oc2ccc(Cl)cc2C(N)=S)CC1C. The largest absolute Gasteiger partial charge is 0.490 e. The smallest absolute Gasteiger partial charge is 0.129 e. The fraction of sp³-hybridized carbons (Fsp3) is 0.533. The van der Waals surface area contributed by atoms with Crippen LogP contribution in [-0.4, -0.2) is 11.1 Å². The van der Waals surface area contributed by atoms with Gasteiger partial charge in [0.2, 0.25) is 0 Å². The van der Waals surface area contributed by atoms with Gasteiger partial charge in [-0.15, -0.1) is 0 Å². The average Bonchev–Trinajstić information content (AvgIpc) is 2.36. The predicted octanol–water partition coefficient (Wildman–Crippen LogP) is 4.18. The highest BCUT2D eigenvalue weighted by Gasteiger charge is 2.26. The standard InChI is InChI=1S/C15H20ClNOS/c1-9-3-5-12(7-10(9)2)18-14-6-4-11(16)8-13(14)15(17)19/h4,6,8-10,12H,3,5,7H2,1-2H3,(H2,17,19). The number of rotatable bonds is 3. The molecule has 3 unspecified atom stereocenters. The third-order valence-electron chi connectivity index (χ3n) is 4.05. The van der Waals surface area contributed by atoms with Crippen LogP contribution in [0.5, 0.6) is 5.75 Å². The van der Waals surface area contributed by atoms with E-state index in [0.717, 1.165) is 30.1 Å². The van der Waals surface area contributed by atoms with Crippen LogP contribution in [0.2, 0.25) is 5.02 Å². The second-order valence-corrected chi connectivity index (χ2v) is 6.39. The first-order valence-corrected chi connectivity index (χ1v) is 7.52. The van der Waals surface area contributed by atoms with Gasteiger partial charge in [0.05, 0.1) is 11.7 Å². The topological polar surface area (TPSA) is 35.2 Å². The summed E-state index contributed by atoms with van der Waals surface area (Å²) in [4.78, 5) is 0.328. The Morgan fingerprint density at radius 3 is 2.68 bits per heavy atom. The highest BCUT2D eigenvalue weighted by atomic mass is 35.5. The van der Waals surface area contributed by atoms with Crippen LogP contribution in [0.15, 0.2) is 18.2 Å². The maximum Gasteiger partial charge on any atom is 0.129 e. The average molecular weight is 298 g/mol. The third kappa shape index (κ3) is 3.61. The maximum absolute atomic E-state index is 6.10. The Bertz CT molecular complexity index is 477. The molecule has 1 aliphatic carbocycles. The molecule has 1 aromatic carbocycles. The summed E-state index contributed by atoms with van der Waals surface area (Å²) in [6, 6.07) is 5.45. The monoisotopic (exact) mass is 297 g/mol. The molecule has 19 heavy (non-hydrogen) atoms. The summed E-state index contributed by atoms with van der Waals surface area (Å²) in [5.74, 6) is 2.23. The predicted molar refractivity (Wildman–Crippen MR) is 83.9 cm³/mol. The molecule has 0 spiro atoms. The van der Waals surface area contributed by atoms with Crippen molar-refractivity contribution in [1.29, 1.82) is 0 Å². The molecule has 0 amide bonds. The van der Waals surface area contributed by atoms with Gasteiger partial charge in [-0.25, -0.2) is 0 Å². The fourth-order valence-corrected chi connectivity index (χ4v) is 2.91. The molecule has 1 fully saturated rings. The van der Waals surface area contributed by atoms with Gasteiger partial charge in [-0.05, 0) is 49.3 Å². The second-order valence-electron chi connectivity index (χ2n) is 5.51. The summed E-state index contributed by atoms with van der Waals surface area (Å²) in [5.41, 5.74) is 6.46. The maximum atomic E-state index is 6.10. The van der Waals surface area contributed by atoms with Gasteiger partial charge in [0.15, 0.2) is 0 Å². The Balaban J connectivity index is 2.13. The molecule has 1 aliphatic rings. The van der Waals surface area contributed by atoms with Gasteiger partial charge in [0.25, 0.3) is 0 Å². The molecular weight excluding hydrogens is 278 g/mol. The molecule has 0 radical (unpaired) electrons. The molecule has 0 aromatic heterocycles. The first-order valence-electron chi connectivity index (χ1n) is 6.73. The zero-order valence-corrected chi connectivity index (χ0v) is 12.9. The second kappa shape index (κ2) is 6.10. The van der Waals surface area contributed by atoms with Crippen LogP contribution >= 0.6 is 23.8 Å². The molecule has 3 atom stereocenters. The molecule has 104 valence electrons. The number of nitrogens with two attached hydrogens (primary N) is 1. The van der Waals surface area contributed by atoms with E-state index in [1.807, 2.05) is 12.1 Å². The highest BCUT2D eigenvalue weighted by molar-refractivity contribution is 7.80. The zero-order valence-electron chi connectivity index (χ0n) is 11.4. The van der Waals surface area contributed by atoms with Crippen LogP contribution < -0.4 is 10.5 Å². The van der Waals surface area contributed by atoms with Gasteiger partial charge in [0, 0.05) is 5.02 Å². The van der Waals surface area contributed by atoms with Crippen molar-refractivity contribution in [3.8, 4) is 5.75 Å². The van der Waals surface area contributed by atoms with Crippen LogP contribution in [0.3, 0.4) is 0 Å². The van der Waals surface area contributed by atoms with Gasteiger partial charge >= 0.3 is 0 Å². The van der Waals surface area contributed by atoms with Gasteiger partial charge < -0.3 is 10.5 Å². The van der Waals surface area contributed by atoms with E-state index in [-0.39, 0.29) is 6.10 Å². The van der Waals surface area contributed by atoms with Crippen LogP contribution in [0, 0.1) is 11.8 Å². The molecule has 2 rings (SSSR count). The van der Waals surface area contributed by atoms with E-state index in [1.165, 1.54) is 6.42 Å². The summed E-state index contributed by atoms with van der Waals surface area (Å²) in [6.45, 7) is 4.60. The lowest BCUT2D eigenvalue weighted by atomic mass is 9.80. The highest BCUT2D eigenvalue weighted by Crippen LogP contribution is 2.33. The van der Waals surface area contributed by atoms with E-state index >= 15 is 0 Å². The number of thiocarbonyl (C=S) groups is 1. The minimum absolute atomic E-state index is 0.250. The van der Waals surface area contributed by atoms with Crippen LogP contribution in [-0.2, 0) is 0 Å². The van der Waals surface area contributed by atoms with E-state index in [2.05, 4.69) is 13.8 Å². The molecule has 1 aromatic rings. The number of ether oxygens (including phenoxy) is 1. The lowest BCUT2D eigenvalue weighted by Gasteiger charge is -2.32. The lowest BCUT2D eigenvalue weighted by molar-refractivity contribution is 0.100. The van der Waals surface area contributed by atoms with Crippen LogP contribution in [0.4, 0.5) is 0 Å². The molecule has 0 aliphatic heterocycles. The number of benzene rings is 1. The Labute approximate surface area is 125 Å². The van der Waals surface area contributed by atoms with Crippen molar-refractivity contribution >= 4 is 28.8 Å². The van der Waals surface area contributed by atoms with Crippen LogP contribution in [0.25, 0.3) is 0 Å². The molecule has 4 heteroatoms. The molecular formula is C15H20ClNOS. The van der Waals surface area contributed by atoms with E-state index < -0.39 is 0 Å². The Morgan fingerprint density at radius 1 is 1.32 bits per heavy atom. The zero-order chi connectivity index (χ0) is 14.0. The van der Waals surface area contributed by atoms with Crippen molar-refractivity contribution in [3.63, 3.8) is 0 Å². The molecule has 0 bridgehead atoms. The van der Waals surface area contributed by atoms with Gasteiger partial charge in [-0.2, -0.15) is 0 Å². The summed E-state index contributed by atoms with van der Waals surface area (Å²) in [5, 5.41) is 0.626. The Hall–Kier alpha value is -0.800. The molecule has 0 heterocycles. The summed E-state index contributed by atoms with van der Waals surface area (Å²) >= 11 is 11.0. The first kappa shape index (κ1) is 14.6. The van der Waals surface area contributed by atoms with Crippen molar-refractivity contribution < 1.29 is 4.74 Å². The van der Waals surface area contributed by atoms with Crippen molar-refractivity contribution in [3.05, 3.63) is 28.8 Å². The van der Waals surface area contributed by atoms with Crippen LogP contribution in [0.1, 0.15) is 38.7 Å². The Kier molecular flexibility index (Phi) is 4.69. The van der Waals surface area contributed by atoms with Crippen molar-refractivity contribution in [1.82, 2.24) is 0 Å². The number of hydrogen-bond donors (Lipinski definition) is 1. The number of halogens is 1. The third-order valence-corrected chi connectivity index (χ3v) is 4.51. The van der Waals surface area contributed by atoms with Gasteiger partial charge in [-0.1, -0.05) is 37.7 Å². The minimum atomic E-state index is 0.250. The van der Waals surface area contributed by atoms with E-state index in [0.29, 0.717) is 15.9 Å². The van der Waals surface area contributed by atoms with E-state index in [1.54, 1.807) is 6.07 Å². The Morgan fingerprint density at radius 2 is 2.05 bits per heavy atom. The number of hydrogen-bond acceptors (Lipinski definition) is 2. The molecule has 0 saturated heterocycles. The van der Waals surface area contributed by atoms with Crippen molar-refractivity contribution in [2.75, 3.05) is 0 Å². The quantitative estimate of drug-likeness (QED) is 0.850. The summed E-state index contributed by atoms with van der Waals surface area (Å²) in [6.07, 6.45) is 3.63. The lowest BCUT2D eigenvalue weighted by Crippen LogP contribution is -2.29.